The number of amides is 1. The van der Waals surface area contributed by atoms with Crippen molar-refractivity contribution < 1.29 is 13.6 Å². The Labute approximate surface area is 196 Å². The van der Waals surface area contributed by atoms with Crippen LogP contribution in [0, 0.1) is 12.7 Å². The Balaban J connectivity index is 1.46. The average molecular weight is 461 g/mol. The third kappa shape index (κ3) is 4.29. The van der Waals surface area contributed by atoms with Gasteiger partial charge in [-0.1, -0.05) is 54.1 Å². The SMILES string of the molecule is Cc1oc(-c2cccc(F)c2)nc1CC(=O)N1CCc2ccccc2[C@@H]1c1ccc(Cl)cc1. The molecule has 0 saturated heterocycles. The lowest BCUT2D eigenvalue weighted by Crippen LogP contribution is -2.41. The molecule has 2 heterocycles. The van der Waals surface area contributed by atoms with Gasteiger partial charge in [-0.2, -0.15) is 0 Å². The quantitative estimate of drug-likeness (QED) is 0.366. The standard InChI is InChI=1S/C27H22ClFN2O2/c1-17-24(30-27(33-17)20-6-4-7-22(29)15-20)16-25(32)31-14-13-18-5-2-3-8-23(18)26(31)19-9-11-21(28)12-10-19/h2-12,15,26H,13-14,16H2,1H3/t26-/m0/s1. The van der Waals surface area contributed by atoms with E-state index in [0.717, 1.165) is 17.5 Å². The van der Waals surface area contributed by atoms with Crippen LogP contribution >= 0.6 is 11.6 Å². The summed E-state index contributed by atoms with van der Waals surface area (Å²) in [6.45, 7) is 2.39. The molecule has 1 amide bonds. The number of carbonyl (C=O) groups is 1. The second-order valence-corrected chi connectivity index (χ2v) is 8.64. The van der Waals surface area contributed by atoms with Crippen LogP contribution in [0.15, 0.2) is 77.2 Å². The van der Waals surface area contributed by atoms with E-state index in [1.807, 2.05) is 41.3 Å². The summed E-state index contributed by atoms with van der Waals surface area (Å²) in [5.74, 6) is 0.474. The number of aryl methyl sites for hydroxylation is 1. The fraction of sp³-hybridized carbons (Fsp3) is 0.185. The van der Waals surface area contributed by atoms with Crippen molar-refractivity contribution in [3.05, 3.63) is 112 Å². The Bertz CT molecular complexity index is 1320. The zero-order chi connectivity index (χ0) is 22.9. The van der Waals surface area contributed by atoms with Crippen molar-refractivity contribution in [2.24, 2.45) is 0 Å². The topological polar surface area (TPSA) is 46.3 Å². The minimum atomic E-state index is -0.362. The van der Waals surface area contributed by atoms with Crippen molar-refractivity contribution in [1.29, 1.82) is 0 Å². The third-order valence-electron chi connectivity index (χ3n) is 6.07. The molecule has 0 bridgehead atoms. The normalized spacial score (nSPS) is 15.4. The molecule has 6 heteroatoms. The fourth-order valence-electron chi connectivity index (χ4n) is 4.42. The molecule has 5 rings (SSSR count). The van der Waals surface area contributed by atoms with Gasteiger partial charge < -0.3 is 9.32 Å². The summed E-state index contributed by atoms with van der Waals surface area (Å²) < 4.78 is 19.4. The molecule has 0 saturated carbocycles. The molecule has 1 aliphatic heterocycles. The molecular weight excluding hydrogens is 439 g/mol. The van der Waals surface area contributed by atoms with E-state index < -0.39 is 0 Å². The second-order valence-electron chi connectivity index (χ2n) is 8.20. The van der Waals surface area contributed by atoms with Crippen molar-refractivity contribution in [3.63, 3.8) is 0 Å². The molecule has 1 atom stereocenters. The van der Waals surface area contributed by atoms with E-state index in [0.29, 0.717) is 34.5 Å². The highest BCUT2D eigenvalue weighted by atomic mass is 35.5. The van der Waals surface area contributed by atoms with Crippen LogP contribution in [0.3, 0.4) is 0 Å². The molecule has 0 radical (unpaired) electrons. The minimum absolute atomic E-state index is 0.0355. The first-order valence-corrected chi connectivity index (χ1v) is 11.2. The Kier molecular flexibility index (Phi) is 5.73. The predicted molar refractivity (Wildman–Crippen MR) is 125 cm³/mol. The Morgan fingerprint density at radius 1 is 1.12 bits per heavy atom. The number of hydrogen-bond donors (Lipinski definition) is 0. The van der Waals surface area contributed by atoms with Gasteiger partial charge in [-0.25, -0.2) is 9.37 Å². The number of hydrogen-bond acceptors (Lipinski definition) is 3. The summed E-state index contributed by atoms with van der Waals surface area (Å²) in [5, 5.41) is 0.656. The Hall–Kier alpha value is -3.44. The van der Waals surface area contributed by atoms with Gasteiger partial charge >= 0.3 is 0 Å². The molecule has 0 unspecified atom stereocenters. The van der Waals surface area contributed by atoms with Gasteiger partial charge in [-0.3, -0.25) is 4.79 Å². The number of halogens is 2. The van der Waals surface area contributed by atoms with Crippen LogP contribution in [-0.4, -0.2) is 22.3 Å². The molecule has 0 fully saturated rings. The summed E-state index contributed by atoms with van der Waals surface area (Å²) in [7, 11) is 0. The van der Waals surface area contributed by atoms with E-state index in [-0.39, 0.29) is 24.2 Å². The number of fused-ring (bicyclic) bond motifs is 1. The highest BCUT2D eigenvalue weighted by Crippen LogP contribution is 2.36. The molecule has 0 spiro atoms. The summed E-state index contributed by atoms with van der Waals surface area (Å²) in [4.78, 5) is 20.0. The van der Waals surface area contributed by atoms with Crippen LogP contribution in [0.4, 0.5) is 4.39 Å². The van der Waals surface area contributed by atoms with Crippen LogP contribution in [0.2, 0.25) is 5.02 Å². The first-order valence-electron chi connectivity index (χ1n) is 10.8. The van der Waals surface area contributed by atoms with Gasteiger partial charge in [-0.15, -0.1) is 0 Å². The van der Waals surface area contributed by atoms with Crippen molar-refractivity contribution in [2.45, 2.75) is 25.8 Å². The molecule has 33 heavy (non-hydrogen) atoms. The molecule has 0 aliphatic carbocycles. The van der Waals surface area contributed by atoms with Crippen LogP contribution in [-0.2, 0) is 17.6 Å². The molecule has 1 aromatic heterocycles. The smallest absolute Gasteiger partial charge is 0.229 e. The third-order valence-corrected chi connectivity index (χ3v) is 6.32. The van der Waals surface area contributed by atoms with Gasteiger partial charge in [0.2, 0.25) is 11.8 Å². The summed E-state index contributed by atoms with van der Waals surface area (Å²) in [6, 6.07) is 21.8. The highest BCUT2D eigenvalue weighted by molar-refractivity contribution is 6.30. The number of oxazole rings is 1. The van der Waals surface area contributed by atoms with E-state index in [1.54, 1.807) is 19.1 Å². The number of benzene rings is 3. The molecule has 0 N–H and O–H groups in total. The van der Waals surface area contributed by atoms with Crippen molar-refractivity contribution in [2.75, 3.05) is 6.54 Å². The number of carbonyl (C=O) groups excluding carboxylic acids is 1. The van der Waals surface area contributed by atoms with Crippen LogP contribution < -0.4 is 0 Å². The molecule has 1 aliphatic rings. The summed E-state index contributed by atoms with van der Waals surface area (Å²) >= 11 is 6.11. The van der Waals surface area contributed by atoms with Gasteiger partial charge in [0, 0.05) is 17.1 Å². The monoisotopic (exact) mass is 460 g/mol. The van der Waals surface area contributed by atoms with Crippen molar-refractivity contribution >= 4 is 17.5 Å². The van der Waals surface area contributed by atoms with E-state index >= 15 is 0 Å². The van der Waals surface area contributed by atoms with Gasteiger partial charge in [0.25, 0.3) is 0 Å². The lowest BCUT2D eigenvalue weighted by atomic mass is 9.88. The lowest BCUT2D eigenvalue weighted by Gasteiger charge is -2.38. The maximum Gasteiger partial charge on any atom is 0.229 e. The maximum atomic E-state index is 13.6. The molecule has 3 aromatic carbocycles. The first kappa shape index (κ1) is 21.4. The molecule has 166 valence electrons. The van der Waals surface area contributed by atoms with Crippen LogP contribution in [0.25, 0.3) is 11.5 Å². The van der Waals surface area contributed by atoms with Crippen molar-refractivity contribution in [1.82, 2.24) is 9.88 Å². The number of rotatable bonds is 4. The lowest BCUT2D eigenvalue weighted by molar-refractivity contribution is -0.132. The largest absolute Gasteiger partial charge is 0.441 e. The van der Waals surface area contributed by atoms with E-state index in [4.69, 9.17) is 16.0 Å². The van der Waals surface area contributed by atoms with Crippen molar-refractivity contribution in [3.8, 4) is 11.5 Å². The summed E-state index contributed by atoms with van der Waals surface area (Å²) in [6.07, 6.45) is 0.898. The second kappa shape index (κ2) is 8.83. The van der Waals surface area contributed by atoms with Crippen LogP contribution in [0.5, 0.6) is 0 Å². The van der Waals surface area contributed by atoms with E-state index in [2.05, 4.69) is 17.1 Å². The average Bonchev–Trinajstić information content (AvgIpc) is 3.19. The predicted octanol–water partition coefficient (Wildman–Crippen LogP) is 6.16. The van der Waals surface area contributed by atoms with E-state index in [1.165, 1.54) is 17.7 Å². The van der Waals surface area contributed by atoms with Gasteiger partial charge in [0.1, 0.15) is 11.6 Å². The highest BCUT2D eigenvalue weighted by Gasteiger charge is 2.32. The molecule has 4 aromatic rings. The zero-order valence-corrected chi connectivity index (χ0v) is 18.8. The molecule has 4 nitrogen and oxygen atoms in total. The van der Waals surface area contributed by atoms with Gasteiger partial charge in [-0.05, 0) is 60.4 Å². The maximum absolute atomic E-state index is 13.6. The van der Waals surface area contributed by atoms with Gasteiger partial charge in [0.05, 0.1) is 18.2 Å². The Morgan fingerprint density at radius 3 is 2.70 bits per heavy atom. The van der Waals surface area contributed by atoms with Gasteiger partial charge in [0.15, 0.2) is 0 Å². The zero-order valence-electron chi connectivity index (χ0n) is 18.1. The van der Waals surface area contributed by atoms with E-state index in [9.17, 15) is 9.18 Å². The minimum Gasteiger partial charge on any atom is -0.441 e. The first-order chi connectivity index (χ1) is 16.0. The van der Waals surface area contributed by atoms with Crippen LogP contribution in [0.1, 0.15) is 34.2 Å². The molecular formula is C27H22ClFN2O2. The summed E-state index contributed by atoms with van der Waals surface area (Å²) in [5.41, 5.74) is 4.48. The number of aromatic nitrogens is 1. The fourth-order valence-corrected chi connectivity index (χ4v) is 4.55. The Morgan fingerprint density at radius 2 is 1.91 bits per heavy atom. The number of nitrogens with zero attached hydrogens (tertiary/aromatic N) is 2.